The van der Waals surface area contributed by atoms with Gasteiger partial charge >= 0.3 is 0 Å². The summed E-state index contributed by atoms with van der Waals surface area (Å²) in [7, 11) is 3.46. The molecule has 1 unspecified atom stereocenters. The number of benzene rings is 6. The molecule has 3 nitrogen and oxygen atoms in total. The molecule has 3 heteroatoms. The van der Waals surface area contributed by atoms with E-state index >= 15 is 0 Å². The molecular weight excluding hydrogens is 659 g/mol. The Morgan fingerprint density at radius 3 is 1.78 bits per heavy atom. The van der Waals surface area contributed by atoms with Crippen LogP contribution >= 0.6 is 0 Å². The van der Waals surface area contributed by atoms with E-state index in [-0.39, 0.29) is 5.41 Å². The van der Waals surface area contributed by atoms with Gasteiger partial charge < -0.3 is 14.8 Å². The first-order valence-electron chi connectivity index (χ1n) is 19.4. The summed E-state index contributed by atoms with van der Waals surface area (Å²) in [4.78, 5) is 0. The molecule has 0 aliphatic heterocycles. The zero-order valence-corrected chi connectivity index (χ0v) is 33.8. The van der Waals surface area contributed by atoms with E-state index in [1.54, 1.807) is 14.2 Å². The molecule has 0 amide bonds. The van der Waals surface area contributed by atoms with E-state index in [4.69, 9.17) is 9.47 Å². The Labute approximate surface area is 322 Å². The van der Waals surface area contributed by atoms with Gasteiger partial charge in [-0.3, -0.25) is 0 Å². The number of hydrogen-bond donors (Lipinski definition) is 1. The van der Waals surface area contributed by atoms with Crippen LogP contribution in [0.25, 0.3) is 33.4 Å². The van der Waals surface area contributed by atoms with Crippen LogP contribution in [-0.4, -0.2) is 14.2 Å². The lowest BCUT2D eigenvalue weighted by Crippen LogP contribution is -2.27. The molecule has 1 spiro atoms. The van der Waals surface area contributed by atoms with Gasteiger partial charge in [0.15, 0.2) is 11.5 Å². The predicted octanol–water partition coefficient (Wildman–Crippen LogP) is 13.2. The molecule has 0 aromatic heterocycles. The summed E-state index contributed by atoms with van der Waals surface area (Å²) >= 11 is 0. The van der Waals surface area contributed by atoms with Crippen LogP contribution in [0.4, 0.5) is 11.4 Å². The molecule has 274 valence electrons. The van der Waals surface area contributed by atoms with Gasteiger partial charge in [-0.05, 0) is 171 Å². The zero-order valence-electron chi connectivity index (χ0n) is 33.8. The van der Waals surface area contributed by atoms with Gasteiger partial charge in [-0.25, -0.2) is 0 Å². The molecule has 6 aromatic rings. The molecule has 1 atom stereocenters. The summed E-state index contributed by atoms with van der Waals surface area (Å²) < 4.78 is 11.9. The Morgan fingerprint density at radius 1 is 0.556 bits per heavy atom. The number of ether oxygens (including phenoxy) is 2. The van der Waals surface area contributed by atoms with Crippen LogP contribution in [0.3, 0.4) is 0 Å². The molecule has 1 N–H and O–H groups in total. The average Bonchev–Trinajstić information content (AvgIpc) is 3.57. The molecule has 54 heavy (non-hydrogen) atoms. The van der Waals surface area contributed by atoms with Crippen LogP contribution in [0.15, 0.2) is 97.1 Å². The summed E-state index contributed by atoms with van der Waals surface area (Å²) in [6.45, 7) is 20.4. The molecule has 0 saturated carbocycles. The first-order chi connectivity index (χ1) is 25.7. The highest BCUT2D eigenvalue weighted by molar-refractivity contribution is 5.97. The maximum atomic E-state index is 6.01. The van der Waals surface area contributed by atoms with Crippen molar-refractivity contribution in [3.63, 3.8) is 0 Å². The molecule has 8 rings (SSSR count). The van der Waals surface area contributed by atoms with Gasteiger partial charge in [0.05, 0.1) is 19.6 Å². The molecule has 0 fully saturated rings. The summed E-state index contributed by atoms with van der Waals surface area (Å²) in [5, 5.41) is 3.86. The molecule has 2 aliphatic carbocycles. The maximum Gasteiger partial charge on any atom is 0.161 e. The van der Waals surface area contributed by atoms with E-state index in [1.165, 1.54) is 89.0 Å². The Kier molecular flexibility index (Phi) is 8.56. The molecule has 0 heterocycles. The van der Waals surface area contributed by atoms with E-state index in [0.717, 1.165) is 29.3 Å². The molecule has 0 bridgehead atoms. The van der Waals surface area contributed by atoms with Crippen molar-refractivity contribution in [3.8, 4) is 44.9 Å². The minimum Gasteiger partial charge on any atom is -0.493 e. The normalized spacial score (nSPS) is 15.3. The fourth-order valence-electron chi connectivity index (χ4n) is 9.04. The molecule has 6 aromatic carbocycles. The predicted molar refractivity (Wildman–Crippen MR) is 227 cm³/mol. The number of rotatable bonds is 7. The third-order valence-electron chi connectivity index (χ3n) is 12.1. The lowest BCUT2D eigenvalue weighted by molar-refractivity contribution is 0.354. The van der Waals surface area contributed by atoms with Gasteiger partial charge in [-0.2, -0.15) is 0 Å². The highest BCUT2D eigenvalue weighted by Gasteiger charge is 2.53. The summed E-state index contributed by atoms with van der Waals surface area (Å²) in [5.41, 5.74) is 22.2. The summed E-state index contributed by atoms with van der Waals surface area (Å²) in [6, 6.07) is 37.1. The minimum atomic E-state index is -0.537. The lowest BCUT2D eigenvalue weighted by atomic mass is 9.69. The number of hydrogen-bond acceptors (Lipinski definition) is 3. The quantitative estimate of drug-likeness (QED) is 0.179. The van der Waals surface area contributed by atoms with Crippen LogP contribution in [-0.2, 0) is 17.3 Å². The average molecular weight is 712 g/mol. The van der Waals surface area contributed by atoms with Crippen LogP contribution < -0.4 is 14.8 Å². The smallest absolute Gasteiger partial charge is 0.161 e. The number of nitrogens with one attached hydrogen (secondary N) is 1. The highest BCUT2D eigenvalue weighted by atomic mass is 16.5. The second kappa shape index (κ2) is 12.9. The van der Waals surface area contributed by atoms with E-state index in [1.807, 2.05) is 0 Å². The maximum absolute atomic E-state index is 6.01. The van der Waals surface area contributed by atoms with E-state index in [0.29, 0.717) is 5.92 Å². The Hall–Kier alpha value is -5.28. The SMILES string of the molecule is COc1cc2c(cc1OC)C1(c3cc(Nc4ccc(-c5ccc(CC(C)C)c(C)c5)cc4C)ccc3-c3cc(C)c(C)cc31)c1cc(C(C)(C)C)ccc1-2. The number of aryl methyl sites for hydroxylation is 4. The van der Waals surface area contributed by atoms with Crippen LogP contribution in [0, 0.1) is 33.6 Å². The Balaban J connectivity index is 1.30. The van der Waals surface area contributed by atoms with Gasteiger partial charge in [0, 0.05) is 11.4 Å². The van der Waals surface area contributed by atoms with Crippen LogP contribution in [0.5, 0.6) is 11.5 Å². The van der Waals surface area contributed by atoms with Gasteiger partial charge in [0.2, 0.25) is 0 Å². The first-order valence-corrected chi connectivity index (χ1v) is 19.4. The Morgan fingerprint density at radius 2 is 1.13 bits per heavy atom. The van der Waals surface area contributed by atoms with Crippen molar-refractivity contribution < 1.29 is 9.47 Å². The zero-order chi connectivity index (χ0) is 38.3. The van der Waals surface area contributed by atoms with Crippen molar-refractivity contribution in [2.45, 2.75) is 79.6 Å². The van der Waals surface area contributed by atoms with Crippen molar-refractivity contribution in [2.75, 3.05) is 19.5 Å². The van der Waals surface area contributed by atoms with Crippen molar-refractivity contribution in [1.82, 2.24) is 0 Å². The largest absolute Gasteiger partial charge is 0.493 e. The van der Waals surface area contributed by atoms with Crippen LogP contribution in [0.1, 0.15) is 90.3 Å². The van der Waals surface area contributed by atoms with E-state index in [9.17, 15) is 0 Å². The van der Waals surface area contributed by atoms with Crippen molar-refractivity contribution >= 4 is 11.4 Å². The van der Waals surface area contributed by atoms with E-state index < -0.39 is 5.41 Å². The van der Waals surface area contributed by atoms with Crippen LogP contribution in [0.2, 0.25) is 0 Å². The number of methoxy groups -OCH3 is 2. The van der Waals surface area contributed by atoms with E-state index in [2.05, 4.69) is 165 Å². The standard InChI is InChI=1S/C51H53NO2/c1-29(2)20-34-12-13-35(21-32(34)5)36-14-19-47(33(6)22-36)52-38-16-18-40-41-23-30(3)31(4)24-43(41)51(45(40)26-38)44-25-37(50(7,8)9)15-17-39(44)42-27-48(53-10)49(54-11)28-46(42)51/h12-19,21-29,52H,20H2,1-11H3. The van der Waals surface area contributed by atoms with Gasteiger partial charge in [-0.1, -0.05) is 95.3 Å². The minimum absolute atomic E-state index is 0.0181. The number of anilines is 2. The van der Waals surface area contributed by atoms with Crippen molar-refractivity contribution in [3.05, 3.63) is 153 Å². The van der Waals surface area contributed by atoms with Crippen molar-refractivity contribution in [1.29, 1.82) is 0 Å². The fraction of sp³-hybridized carbons (Fsp3) is 0.294. The fourth-order valence-corrected chi connectivity index (χ4v) is 9.04. The summed E-state index contributed by atoms with van der Waals surface area (Å²) in [6.07, 6.45) is 1.11. The second-order valence-electron chi connectivity index (χ2n) is 17.1. The molecule has 2 aliphatic rings. The third-order valence-corrected chi connectivity index (χ3v) is 12.1. The van der Waals surface area contributed by atoms with Gasteiger partial charge in [-0.15, -0.1) is 0 Å². The monoisotopic (exact) mass is 711 g/mol. The topological polar surface area (TPSA) is 30.5 Å². The summed E-state index contributed by atoms with van der Waals surface area (Å²) in [5.74, 6) is 2.13. The first kappa shape index (κ1) is 35.7. The molecule has 0 saturated heterocycles. The number of fused-ring (bicyclic) bond motifs is 10. The highest BCUT2D eigenvalue weighted by Crippen LogP contribution is 2.65. The van der Waals surface area contributed by atoms with Crippen molar-refractivity contribution in [2.24, 2.45) is 5.92 Å². The third kappa shape index (κ3) is 5.54. The van der Waals surface area contributed by atoms with Gasteiger partial charge in [0.25, 0.3) is 0 Å². The molecular formula is C51H53NO2. The van der Waals surface area contributed by atoms with Gasteiger partial charge in [0.1, 0.15) is 0 Å². The molecule has 0 radical (unpaired) electrons. The second-order valence-corrected chi connectivity index (χ2v) is 17.1. The lowest BCUT2D eigenvalue weighted by Gasteiger charge is -2.32. The Bertz CT molecular complexity index is 2480.